The van der Waals surface area contributed by atoms with E-state index in [1.165, 1.54) is 0 Å². The number of aliphatic imine (C=N–C) groups is 1. The number of hydrogen-bond donors (Lipinski definition) is 2. The Hall–Kier alpha value is -2.08. The van der Waals surface area contributed by atoms with Crippen molar-refractivity contribution >= 4 is 17.3 Å². The highest BCUT2D eigenvalue weighted by molar-refractivity contribution is 7.09. The van der Waals surface area contributed by atoms with Crippen LogP contribution in [0.5, 0.6) is 5.75 Å². The van der Waals surface area contributed by atoms with Gasteiger partial charge in [0.2, 0.25) is 0 Å². The molecule has 0 saturated heterocycles. The minimum Gasteiger partial charge on any atom is -0.496 e. The molecule has 2 rings (SSSR count). The minimum absolute atomic E-state index is 0.0819. The Kier molecular flexibility index (Phi) is 6.20. The van der Waals surface area contributed by atoms with Crippen LogP contribution in [0.2, 0.25) is 0 Å². The van der Waals surface area contributed by atoms with Crippen molar-refractivity contribution in [1.29, 1.82) is 0 Å². The Labute approximate surface area is 148 Å². The summed E-state index contributed by atoms with van der Waals surface area (Å²) in [6, 6.07) is 7.95. The average molecular weight is 347 g/mol. The van der Waals surface area contributed by atoms with Crippen LogP contribution in [0, 0.1) is 0 Å². The summed E-state index contributed by atoms with van der Waals surface area (Å²) >= 11 is 1.67. The predicted octanol–water partition coefficient (Wildman–Crippen LogP) is 3.31. The van der Waals surface area contributed by atoms with Crippen molar-refractivity contribution in [2.45, 2.75) is 39.3 Å². The number of methoxy groups -OCH3 is 1. The molecule has 0 aliphatic rings. The highest BCUT2D eigenvalue weighted by Crippen LogP contribution is 2.23. The maximum atomic E-state index is 5.37. The first kappa shape index (κ1) is 18.3. The molecule has 0 aliphatic heterocycles. The first-order valence-corrected chi connectivity index (χ1v) is 8.83. The van der Waals surface area contributed by atoms with E-state index in [-0.39, 0.29) is 5.41 Å². The van der Waals surface area contributed by atoms with Crippen molar-refractivity contribution in [2.75, 3.05) is 14.2 Å². The Balaban J connectivity index is 1.90. The molecule has 2 aromatic rings. The number of rotatable bonds is 5. The van der Waals surface area contributed by atoms with E-state index in [0.717, 1.165) is 28.0 Å². The van der Waals surface area contributed by atoms with Gasteiger partial charge in [-0.2, -0.15) is 0 Å². The van der Waals surface area contributed by atoms with Gasteiger partial charge in [0.25, 0.3) is 0 Å². The Morgan fingerprint density at radius 3 is 2.54 bits per heavy atom. The van der Waals surface area contributed by atoms with Gasteiger partial charge in [-0.3, -0.25) is 4.99 Å². The highest BCUT2D eigenvalue weighted by Gasteiger charge is 2.17. The summed E-state index contributed by atoms with van der Waals surface area (Å²) < 4.78 is 5.37. The van der Waals surface area contributed by atoms with Crippen LogP contribution in [-0.2, 0) is 18.5 Å². The molecular weight excluding hydrogens is 320 g/mol. The lowest BCUT2D eigenvalue weighted by Crippen LogP contribution is -2.36. The summed E-state index contributed by atoms with van der Waals surface area (Å²) in [7, 11) is 3.45. The zero-order valence-corrected chi connectivity index (χ0v) is 15.8. The smallest absolute Gasteiger partial charge is 0.191 e. The molecule has 5 nitrogen and oxygen atoms in total. The van der Waals surface area contributed by atoms with Crippen LogP contribution in [0.25, 0.3) is 0 Å². The molecule has 0 bridgehead atoms. The normalized spacial score (nSPS) is 12.1. The van der Waals surface area contributed by atoms with E-state index >= 15 is 0 Å². The van der Waals surface area contributed by atoms with Gasteiger partial charge < -0.3 is 15.4 Å². The van der Waals surface area contributed by atoms with Crippen molar-refractivity contribution < 1.29 is 4.74 Å². The highest BCUT2D eigenvalue weighted by atomic mass is 32.1. The third-order valence-corrected chi connectivity index (χ3v) is 4.44. The third-order valence-electron chi connectivity index (χ3n) is 3.59. The zero-order chi connectivity index (χ0) is 17.6. The van der Waals surface area contributed by atoms with E-state index in [2.05, 4.69) is 46.8 Å². The number of hydrogen-bond acceptors (Lipinski definition) is 4. The molecule has 0 unspecified atom stereocenters. The predicted molar refractivity (Wildman–Crippen MR) is 101 cm³/mol. The number of aromatic nitrogens is 1. The molecular formula is C18H26N4OS. The lowest BCUT2D eigenvalue weighted by atomic mass is 9.93. The number of nitrogens with one attached hydrogen (secondary N) is 2. The molecule has 0 spiro atoms. The Morgan fingerprint density at radius 2 is 1.92 bits per heavy atom. The second kappa shape index (κ2) is 8.15. The molecule has 0 radical (unpaired) electrons. The van der Waals surface area contributed by atoms with Gasteiger partial charge in [-0.25, -0.2) is 4.98 Å². The van der Waals surface area contributed by atoms with E-state index < -0.39 is 0 Å². The van der Waals surface area contributed by atoms with Gasteiger partial charge in [-0.05, 0) is 6.07 Å². The van der Waals surface area contributed by atoms with Gasteiger partial charge in [0.15, 0.2) is 5.96 Å². The van der Waals surface area contributed by atoms with Crippen molar-refractivity contribution in [3.8, 4) is 5.75 Å². The van der Waals surface area contributed by atoms with Gasteiger partial charge in [-0.1, -0.05) is 39.0 Å². The molecule has 6 heteroatoms. The van der Waals surface area contributed by atoms with Gasteiger partial charge in [0.1, 0.15) is 10.8 Å². The summed E-state index contributed by atoms with van der Waals surface area (Å²) in [6.07, 6.45) is 0. The first-order chi connectivity index (χ1) is 11.4. The van der Waals surface area contributed by atoms with Gasteiger partial charge in [-0.15, -0.1) is 11.3 Å². The van der Waals surface area contributed by atoms with Crippen LogP contribution in [0.15, 0.2) is 34.6 Å². The van der Waals surface area contributed by atoms with Gasteiger partial charge in [0.05, 0.1) is 19.3 Å². The van der Waals surface area contributed by atoms with Crippen LogP contribution in [0.1, 0.15) is 37.0 Å². The van der Waals surface area contributed by atoms with Crippen LogP contribution < -0.4 is 15.4 Å². The molecule has 0 aliphatic carbocycles. The Morgan fingerprint density at radius 1 is 1.21 bits per heavy atom. The number of guanidine groups is 1. The second-order valence-corrected chi connectivity index (χ2v) is 7.41. The topological polar surface area (TPSA) is 58.5 Å². The largest absolute Gasteiger partial charge is 0.496 e. The standard InChI is InChI=1S/C18H26N4OS/c1-18(2,3)15-12-24-16(22-15)11-21-17(19-4)20-10-13-8-6-7-9-14(13)23-5/h6-9,12H,10-11H2,1-5H3,(H2,19,20,21). The SMILES string of the molecule is CN=C(NCc1nc(C(C)(C)C)cs1)NCc1ccccc1OC. The van der Waals surface area contributed by atoms with Gasteiger partial charge >= 0.3 is 0 Å². The van der Waals surface area contributed by atoms with Crippen molar-refractivity contribution in [3.05, 3.63) is 45.9 Å². The monoisotopic (exact) mass is 346 g/mol. The van der Waals surface area contributed by atoms with Crippen molar-refractivity contribution in [1.82, 2.24) is 15.6 Å². The fraction of sp³-hybridized carbons (Fsp3) is 0.444. The summed E-state index contributed by atoms with van der Waals surface area (Å²) in [4.78, 5) is 8.95. The summed E-state index contributed by atoms with van der Waals surface area (Å²) in [6.45, 7) is 7.83. The first-order valence-electron chi connectivity index (χ1n) is 7.95. The molecule has 0 amide bonds. The van der Waals surface area contributed by atoms with Crippen molar-refractivity contribution in [3.63, 3.8) is 0 Å². The number of thiazole rings is 1. The van der Waals surface area contributed by atoms with Crippen molar-refractivity contribution in [2.24, 2.45) is 4.99 Å². The quantitative estimate of drug-likeness (QED) is 0.644. The number of para-hydroxylation sites is 1. The van der Waals surface area contributed by atoms with E-state index in [0.29, 0.717) is 13.1 Å². The molecule has 0 saturated carbocycles. The lowest BCUT2D eigenvalue weighted by molar-refractivity contribution is 0.409. The van der Waals surface area contributed by atoms with Crippen LogP contribution in [0.3, 0.4) is 0 Å². The van der Waals surface area contributed by atoms with Gasteiger partial charge in [0, 0.05) is 30.0 Å². The third kappa shape index (κ3) is 4.96. The zero-order valence-electron chi connectivity index (χ0n) is 15.0. The fourth-order valence-electron chi connectivity index (χ4n) is 2.14. The molecule has 24 heavy (non-hydrogen) atoms. The van der Waals surface area contributed by atoms with E-state index in [1.54, 1.807) is 25.5 Å². The summed E-state index contributed by atoms with van der Waals surface area (Å²) in [5.41, 5.74) is 2.30. The Bertz CT molecular complexity index is 688. The summed E-state index contributed by atoms with van der Waals surface area (Å²) in [5.74, 6) is 1.61. The maximum absolute atomic E-state index is 5.37. The molecule has 2 N–H and O–H groups in total. The fourth-order valence-corrected chi connectivity index (χ4v) is 3.10. The molecule has 130 valence electrons. The average Bonchev–Trinajstić information content (AvgIpc) is 3.04. The maximum Gasteiger partial charge on any atom is 0.191 e. The van der Waals surface area contributed by atoms with E-state index in [1.807, 2.05) is 24.3 Å². The molecule has 1 heterocycles. The van der Waals surface area contributed by atoms with Crippen LogP contribution in [0.4, 0.5) is 0 Å². The van der Waals surface area contributed by atoms with E-state index in [9.17, 15) is 0 Å². The molecule has 0 fully saturated rings. The molecule has 1 aromatic carbocycles. The van der Waals surface area contributed by atoms with Crippen LogP contribution >= 0.6 is 11.3 Å². The summed E-state index contributed by atoms with van der Waals surface area (Å²) in [5, 5.41) is 9.79. The van der Waals surface area contributed by atoms with Crippen LogP contribution in [-0.4, -0.2) is 25.1 Å². The lowest BCUT2D eigenvalue weighted by Gasteiger charge is -2.14. The minimum atomic E-state index is 0.0819. The van der Waals surface area contributed by atoms with E-state index in [4.69, 9.17) is 4.74 Å². The number of ether oxygens (including phenoxy) is 1. The molecule has 1 aromatic heterocycles. The number of nitrogens with zero attached hydrogens (tertiary/aromatic N) is 2. The second-order valence-electron chi connectivity index (χ2n) is 6.47. The molecule has 0 atom stereocenters. The number of benzene rings is 1.